The van der Waals surface area contributed by atoms with Crippen LogP contribution in [0, 0.1) is 5.82 Å². The number of carbonyl (C=O) groups is 2. The molecule has 8 heteroatoms. The van der Waals surface area contributed by atoms with Crippen LogP contribution in [-0.4, -0.2) is 37.3 Å². The predicted molar refractivity (Wildman–Crippen MR) is 99.1 cm³/mol. The largest absolute Gasteiger partial charge is 0.493 e. The van der Waals surface area contributed by atoms with E-state index in [-0.39, 0.29) is 44.3 Å². The maximum absolute atomic E-state index is 12.9. The third-order valence-electron chi connectivity index (χ3n) is 3.71. The highest BCUT2D eigenvalue weighted by molar-refractivity contribution is 5.80. The summed E-state index contributed by atoms with van der Waals surface area (Å²) in [6.45, 7) is 0.734. The molecule has 0 heterocycles. The van der Waals surface area contributed by atoms with Gasteiger partial charge in [0.2, 0.25) is 5.91 Å². The summed E-state index contributed by atoms with van der Waals surface area (Å²) >= 11 is 0. The lowest BCUT2D eigenvalue weighted by Gasteiger charge is -2.13. The third kappa shape index (κ3) is 7.14. The van der Waals surface area contributed by atoms with E-state index in [1.165, 1.54) is 31.4 Å². The summed E-state index contributed by atoms with van der Waals surface area (Å²) in [7, 11) is 1.52. The molecule has 2 N–H and O–H groups in total. The van der Waals surface area contributed by atoms with Crippen LogP contribution in [0.3, 0.4) is 0 Å². The molecule has 0 radical (unpaired) electrons. The van der Waals surface area contributed by atoms with Crippen LogP contribution in [0.25, 0.3) is 0 Å². The smallest absolute Gasteiger partial charge is 0.303 e. The maximum Gasteiger partial charge on any atom is 0.303 e. The van der Waals surface area contributed by atoms with Gasteiger partial charge in [-0.15, -0.1) is 0 Å². The van der Waals surface area contributed by atoms with Gasteiger partial charge in [-0.05, 0) is 42.0 Å². The van der Waals surface area contributed by atoms with Crippen molar-refractivity contribution in [2.75, 3.05) is 20.3 Å². The third-order valence-corrected chi connectivity index (χ3v) is 3.71. The number of halogens is 1. The molecule has 0 atom stereocenters. The molecular weight excluding hydrogens is 369 g/mol. The lowest BCUT2D eigenvalue weighted by Crippen LogP contribution is -2.23. The van der Waals surface area contributed by atoms with Gasteiger partial charge in [0, 0.05) is 13.0 Å². The van der Waals surface area contributed by atoms with Gasteiger partial charge in [-0.2, -0.15) is 0 Å². The second-order valence-electron chi connectivity index (χ2n) is 5.81. The summed E-state index contributed by atoms with van der Waals surface area (Å²) in [6, 6.07) is 10.9. The minimum Gasteiger partial charge on any atom is -0.493 e. The Morgan fingerprint density at radius 1 is 1.00 bits per heavy atom. The maximum atomic E-state index is 12.9. The Balaban J connectivity index is 1.84. The van der Waals surface area contributed by atoms with Crippen LogP contribution in [0.4, 0.5) is 4.39 Å². The minimum atomic E-state index is -1.02. The van der Waals surface area contributed by atoms with Crippen LogP contribution >= 0.6 is 0 Å². The summed E-state index contributed by atoms with van der Waals surface area (Å²) in [5, 5.41) is 11.3. The number of aliphatic carboxylic acids is 1. The Kier molecular flexibility index (Phi) is 8.08. The van der Waals surface area contributed by atoms with Crippen LogP contribution in [0.2, 0.25) is 0 Å². The van der Waals surface area contributed by atoms with E-state index in [1.54, 1.807) is 18.2 Å². The molecule has 0 spiro atoms. The fourth-order valence-electron chi connectivity index (χ4n) is 2.30. The number of benzene rings is 2. The van der Waals surface area contributed by atoms with Gasteiger partial charge in [-0.1, -0.05) is 6.07 Å². The van der Waals surface area contributed by atoms with E-state index in [0.29, 0.717) is 17.2 Å². The zero-order chi connectivity index (χ0) is 20.4. The molecule has 0 bridgehead atoms. The highest BCUT2D eigenvalue weighted by Crippen LogP contribution is 2.28. The number of carbonyl (C=O) groups excluding carboxylic acids is 1. The van der Waals surface area contributed by atoms with Crippen molar-refractivity contribution < 1.29 is 33.3 Å². The van der Waals surface area contributed by atoms with Crippen LogP contribution in [-0.2, 0) is 16.1 Å². The van der Waals surface area contributed by atoms with Gasteiger partial charge in [-0.3, -0.25) is 9.59 Å². The minimum absolute atomic E-state index is 0.0738. The lowest BCUT2D eigenvalue weighted by molar-refractivity contribution is -0.138. The van der Waals surface area contributed by atoms with Crippen LogP contribution in [0.1, 0.15) is 18.4 Å². The van der Waals surface area contributed by atoms with E-state index >= 15 is 0 Å². The summed E-state index contributed by atoms with van der Waals surface area (Å²) in [6.07, 6.45) is -0.285. The van der Waals surface area contributed by atoms with Crippen molar-refractivity contribution >= 4 is 11.9 Å². The van der Waals surface area contributed by atoms with E-state index < -0.39 is 5.97 Å². The molecule has 0 aromatic heterocycles. The average molecular weight is 391 g/mol. The first-order valence-electron chi connectivity index (χ1n) is 8.64. The molecule has 0 aliphatic carbocycles. The van der Waals surface area contributed by atoms with E-state index in [2.05, 4.69) is 5.32 Å². The quantitative estimate of drug-likeness (QED) is 0.572. The molecule has 0 unspecified atom stereocenters. The number of rotatable bonds is 11. The van der Waals surface area contributed by atoms with E-state index in [0.717, 1.165) is 5.56 Å². The number of hydrogen-bond donors (Lipinski definition) is 2. The van der Waals surface area contributed by atoms with Gasteiger partial charge in [0.15, 0.2) is 11.5 Å². The molecule has 7 nitrogen and oxygen atoms in total. The normalized spacial score (nSPS) is 10.2. The highest BCUT2D eigenvalue weighted by atomic mass is 19.1. The van der Waals surface area contributed by atoms with Gasteiger partial charge in [0.1, 0.15) is 24.8 Å². The number of carboxylic acids is 1. The van der Waals surface area contributed by atoms with Crippen molar-refractivity contribution in [1.82, 2.24) is 5.32 Å². The Hall–Kier alpha value is -3.29. The second-order valence-corrected chi connectivity index (χ2v) is 5.81. The number of amides is 1. The molecule has 0 aliphatic heterocycles. The molecule has 2 rings (SSSR count). The molecular formula is C20H22FNO6. The van der Waals surface area contributed by atoms with Crippen molar-refractivity contribution in [1.29, 1.82) is 0 Å². The van der Waals surface area contributed by atoms with E-state index in [9.17, 15) is 14.0 Å². The lowest BCUT2D eigenvalue weighted by atomic mass is 10.2. The molecule has 1 amide bonds. The topological polar surface area (TPSA) is 94.1 Å². The van der Waals surface area contributed by atoms with Gasteiger partial charge in [0.05, 0.1) is 13.5 Å². The van der Waals surface area contributed by atoms with Crippen molar-refractivity contribution in [3.05, 3.63) is 53.8 Å². The Bertz CT molecular complexity index is 794. The summed E-state index contributed by atoms with van der Waals surface area (Å²) < 4.78 is 29.3. The standard InChI is InChI=1S/C20H22FNO6/c1-26-17-7-2-14(13-22-19(23)8-9-20(24)25)12-18(17)28-11-10-27-16-5-3-15(21)4-6-16/h2-7,12H,8-11,13H2,1H3,(H,22,23)(H,24,25). The number of methoxy groups -OCH3 is 1. The van der Waals surface area contributed by atoms with Gasteiger partial charge < -0.3 is 24.6 Å². The van der Waals surface area contributed by atoms with Crippen LogP contribution in [0.5, 0.6) is 17.2 Å². The number of carboxylic acid groups (broad SMARTS) is 1. The fourth-order valence-corrected chi connectivity index (χ4v) is 2.30. The van der Waals surface area contributed by atoms with Crippen molar-refractivity contribution in [2.24, 2.45) is 0 Å². The Morgan fingerprint density at radius 2 is 1.71 bits per heavy atom. The van der Waals surface area contributed by atoms with Crippen LogP contribution in [0.15, 0.2) is 42.5 Å². The number of hydrogen-bond acceptors (Lipinski definition) is 5. The monoisotopic (exact) mass is 391 g/mol. The van der Waals surface area contributed by atoms with Gasteiger partial charge in [0.25, 0.3) is 0 Å². The first-order valence-corrected chi connectivity index (χ1v) is 8.64. The van der Waals surface area contributed by atoms with Crippen LogP contribution < -0.4 is 19.5 Å². The van der Waals surface area contributed by atoms with Crippen molar-refractivity contribution in [2.45, 2.75) is 19.4 Å². The molecule has 150 valence electrons. The summed E-state index contributed by atoms with van der Waals surface area (Å²) in [5.74, 6) is -0.133. The molecule has 0 aliphatic rings. The van der Waals surface area contributed by atoms with E-state index in [1.807, 2.05) is 0 Å². The molecule has 0 saturated carbocycles. The first-order chi connectivity index (χ1) is 13.5. The first kappa shape index (κ1) is 21.0. The number of nitrogens with one attached hydrogen (secondary N) is 1. The Labute approximate surface area is 162 Å². The average Bonchev–Trinajstić information content (AvgIpc) is 2.69. The fraction of sp³-hybridized carbons (Fsp3) is 0.300. The molecule has 0 fully saturated rings. The van der Waals surface area contributed by atoms with Crippen molar-refractivity contribution in [3.63, 3.8) is 0 Å². The number of ether oxygens (including phenoxy) is 3. The summed E-state index contributed by atoms with van der Waals surface area (Å²) in [4.78, 5) is 22.1. The molecule has 2 aromatic rings. The van der Waals surface area contributed by atoms with E-state index in [4.69, 9.17) is 19.3 Å². The molecule has 0 saturated heterocycles. The molecule has 28 heavy (non-hydrogen) atoms. The van der Waals surface area contributed by atoms with Gasteiger partial charge >= 0.3 is 5.97 Å². The zero-order valence-corrected chi connectivity index (χ0v) is 15.4. The van der Waals surface area contributed by atoms with Gasteiger partial charge in [-0.25, -0.2) is 4.39 Å². The Morgan fingerprint density at radius 3 is 2.39 bits per heavy atom. The second kappa shape index (κ2) is 10.8. The highest BCUT2D eigenvalue weighted by Gasteiger charge is 2.09. The van der Waals surface area contributed by atoms with Crippen molar-refractivity contribution in [3.8, 4) is 17.2 Å². The summed E-state index contributed by atoms with van der Waals surface area (Å²) in [5.41, 5.74) is 0.777. The zero-order valence-electron chi connectivity index (χ0n) is 15.4. The predicted octanol–water partition coefficient (Wildman–Crippen LogP) is 2.77. The SMILES string of the molecule is COc1ccc(CNC(=O)CCC(=O)O)cc1OCCOc1ccc(F)cc1. The molecule has 2 aromatic carbocycles.